The molecule has 14 heteroatoms. The molecule has 0 radical (unpaired) electrons. The van der Waals surface area contributed by atoms with Crippen molar-refractivity contribution in [2.45, 2.75) is 13.1 Å². The molecule has 6 bridgehead atoms. The summed E-state index contributed by atoms with van der Waals surface area (Å²) in [6, 6.07) is 7.94. The lowest BCUT2D eigenvalue weighted by atomic mass is 10.1. The van der Waals surface area contributed by atoms with Gasteiger partial charge in [0.1, 0.15) is 36.1 Å². The predicted octanol–water partition coefficient (Wildman–Crippen LogP) is 1.68. The molecule has 0 aliphatic carbocycles. The summed E-state index contributed by atoms with van der Waals surface area (Å²) in [4.78, 5) is 14.9. The molecule has 48 heavy (non-hydrogen) atoms. The molecule has 14 nitrogen and oxygen atoms in total. The van der Waals surface area contributed by atoms with Crippen LogP contribution < -0.4 is 9.47 Å². The maximum absolute atomic E-state index is 6.29. The van der Waals surface area contributed by atoms with Crippen LogP contribution in [0.5, 0.6) is 11.5 Å². The number of hydrogen-bond donors (Lipinski definition) is 0. The Morgan fingerprint density at radius 3 is 0.979 bits per heavy atom. The molecule has 268 valence electrons. The van der Waals surface area contributed by atoms with Crippen LogP contribution in [0.4, 0.5) is 0 Å². The van der Waals surface area contributed by atoms with Crippen molar-refractivity contribution in [3.05, 3.63) is 35.7 Å². The van der Waals surface area contributed by atoms with E-state index in [2.05, 4.69) is 9.80 Å². The maximum atomic E-state index is 6.29. The quantitative estimate of drug-likeness (QED) is 0.402. The second-order valence-electron chi connectivity index (χ2n) is 11.4. The summed E-state index contributed by atoms with van der Waals surface area (Å²) in [5, 5.41) is 0. The summed E-state index contributed by atoms with van der Waals surface area (Å²) >= 11 is 0. The third kappa shape index (κ3) is 13.4. The van der Waals surface area contributed by atoms with Crippen molar-refractivity contribution < 1.29 is 47.4 Å². The molecule has 0 spiro atoms. The zero-order chi connectivity index (χ0) is 32.9. The van der Waals surface area contributed by atoms with Crippen LogP contribution in [-0.2, 0) is 51.0 Å². The molecule has 4 aliphatic rings. The van der Waals surface area contributed by atoms with Gasteiger partial charge >= 0.3 is 0 Å². The van der Waals surface area contributed by atoms with Gasteiger partial charge in [-0.1, -0.05) is 0 Å². The van der Waals surface area contributed by atoms with Gasteiger partial charge in [0.25, 0.3) is 0 Å². The lowest BCUT2D eigenvalue weighted by Crippen LogP contribution is -2.33. The van der Waals surface area contributed by atoms with E-state index in [1.54, 1.807) is 0 Å². The second-order valence-corrected chi connectivity index (χ2v) is 11.4. The number of aromatic nitrogens is 2. The van der Waals surface area contributed by atoms with E-state index in [0.29, 0.717) is 155 Å². The molecule has 1 fully saturated rings. The average Bonchev–Trinajstić information content (AvgIpc) is 3.09. The monoisotopic (exact) mass is 676 g/mol. The highest BCUT2D eigenvalue weighted by Gasteiger charge is 2.20. The Labute approximate surface area is 283 Å². The molecule has 6 rings (SSSR count). The van der Waals surface area contributed by atoms with Crippen molar-refractivity contribution in [2.75, 3.05) is 145 Å². The third-order valence-electron chi connectivity index (χ3n) is 7.87. The smallest absolute Gasteiger partial charge is 0.147 e. The first-order valence-corrected chi connectivity index (χ1v) is 17.2. The fourth-order valence-corrected chi connectivity index (χ4v) is 5.32. The van der Waals surface area contributed by atoms with Gasteiger partial charge in [0, 0.05) is 39.3 Å². The van der Waals surface area contributed by atoms with Gasteiger partial charge < -0.3 is 47.4 Å². The summed E-state index contributed by atoms with van der Waals surface area (Å²) < 4.78 is 59.0. The summed E-state index contributed by atoms with van der Waals surface area (Å²) in [6.45, 7) is 13.0. The van der Waals surface area contributed by atoms with Gasteiger partial charge in [-0.25, -0.2) is 9.97 Å². The Morgan fingerprint density at radius 1 is 0.354 bits per heavy atom. The summed E-state index contributed by atoms with van der Waals surface area (Å²) in [6.07, 6.45) is 0. The molecule has 6 heterocycles. The van der Waals surface area contributed by atoms with E-state index in [-0.39, 0.29) is 0 Å². The summed E-state index contributed by atoms with van der Waals surface area (Å²) in [5.41, 5.74) is 2.98. The highest BCUT2D eigenvalue weighted by molar-refractivity contribution is 5.69. The molecule has 0 saturated carbocycles. The summed E-state index contributed by atoms with van der Waals surface area (Å²) in [5.74, 6) is 1.22. The minimum atomic E-state index is 0.343. The molecular weight excluding hydrogens is 624 g/mol. The van der Waals surface area contributed by atoms with E-state index in [1.807, 2.05) is 24.3 Å². The van der Waals surface area contributed by atoms with E-state index in [1.165, 1.54) is 0 Å². The van der Waals surface area contributed by atoms with Gasteiger partial charge in [0.05, 0.1) is 117 Å². The van der Waals surface area contributed by atoms with Crippen LogP contribution in [-0.4, -0.2) is 165 Å². The number of nitrogens with zero attached hydrogens (tertiary/aromatic N) is 4. The Morgan fingerprint density at radius 2 is 0.646 bits per heavy atom. The second kappa shape index (κ2) is 22.3. The lowest BCUT2D eigenvalue weighted by Gasteiger charge is -2.25. The predicted molar refractivity (Wildman–Crippen MR) is 176 cm³/mol. The van der Waals surface area contributed by atoms with Crippen LogP contribution in [0.25, 0.3) is 11.4 Å². The van der Waals surface area contributed by atoms with Crippen LogP contribution in [0, 0.1) is 0 Å². The first kappa shape index (κ1) is 36.8. The first-order chi connectivity index (χ1) is 23.8. The molecule has 0 amide bonds. The number of fused-ring (bicyclic) bond motifs is 14. The van der Waals surface area contributed by atoms with E-state index in [9.17, 15) is 0 Å². The minimum Gasteiger partial charge on any atom is -0.489 e. The Bertz CT molecular complexity index is 1070. The van der Waals surface area contributed by atoms with Crippen molar-refractivity contribution >= 4 is 0 Å². The number of pyridine rings is 2. The Kier molecular flexibility index (Phi) is 17.1. The molecule has 0 N–H and O–H groups in total. The SMILES string of the molecule is c1cc2c3nc1CN1CCOCCOCCN(CCOCCOCC1)Cc1ccc(c-3n1)OCCOCCOCCOCCOCCO2. The molecule has 2 aromatic heterocycles. The highest BCUT2D eigenvalue weighted by atomic mass is 16.6. The molecule has 0 atom stereocenters. The Hall–Kier alpha value is -2.50. The van der Waals surface area contributed by atoms with Crippen molar-refractivity contribution in [2.24, 2.45) is 0 Å². The van der Waals surface area contributed by atoms with Crippen LogP contribution in [0.1, 0.15) is 11.4 Å². The molecule has 0 aromatic carbocycles. The van der Waals surface area contributed by atoms with Gasteiger partial charge in [-0.05, 0) is 24.3 Å². The van der Waals surface area contributed by atoms with E-state index in [4.69, 9.17) is 57.3 Å². The van der Waals surface area contributed by atoms with Gasteiger partial charge in [-0.2, -0.15) is 0 Å². The third-order valence-corrected chi connectivity index (χ3v) is 7.87. The van der Waals surface area contributed by atoms with Crippen molar-refractivity contribution in [3.8, 4) is 22.9 Å². The molecule has 2 aromatic rings. The first-order valence-electron chi connectivity index (χ1n) is 17.2. The van der Waals surface area contributed by atoms with Crippen LogP contribution in [0.15, 0.2) is 24.3 Å². The van der Waals surface area contributed by atoms with Gasteiger partial charge in [0.2, 0.25) is 0 Å². The fraction of sp³-hybridized carbons (Fsp3) is 0.706. The normalized spacial score (nSPS) is 24.4. The maximum Gasteiger partial charge on any atom is 0.147 e. The van der Waals surface area contributed by atoms with Gasteiger partial charge in [-0.3, -0.25) is 9.80 Å². The fourth-order valence-electron chi connectivity index (χ4n) is 5.32. The van der Waals surface area contributed by atoms with Crippen molar-refractivity contribution in [3.63, 3.8) is 0 Å². The average molecular weight is 677 g/mol. The summed E-state index contributed by atoms with van der Waals surface area (Å²) in [7, 11) is 0. The standard InChI is InChI=1S/C34H52N4O10/c1-3-31-33-34-32(48-26-24-46-22-20-44-18-17-43-19-21-45-23-25-47-31)4-2-30(36-34)28-38-7-11-41-15-13-39-9-5-37(27-29(1)35-33)6-10-40-14-16-42-12-8-38/h1-4H,5-28H2. The molecule has 0 unspecified atom stereocenters. The van der Waals surface area contributed by atoms with E-state index in [0.717, 1.165) is 37.6 Å². The van der Waals surface area contributed by atoms with Gasteiger partial charge in [0.15, 0.2) is 0 Å². The van der Waals surface area contributed by atoms with Gasteiger partial charge in [-0.15, -0.1) is 0 Å². The zero-order valence-electron chi connectivity index (χ0n) is 28.2. The largest absolute Gasteiger partial charge is 0.489 e. The topological polar surface area (TPSA) is 125 Å². The molecule has 1 saturated heterocycles. The van der Waals surface area contributed by atoms with Crippen molar-refractivity contribution in [1.29, 1.82) is 0 Å². The van der Waals surface area contributed by atoms with Crippen LogP contribution in [0.3, 0.4) is 0 Å². The molecule has 4 aliphatic heterocycles. The number of rotatable bonds is 0. The van der Waals surface area contributed by atoms with E-state index >= 15 is 0 Å². The highest BCUT2D eigenvalue weighted by Crippen LogP contribution is 2.34. The van der Waals surface area contributed by atoms with Crippen molar-refractivity contribution in [1.82, 2.24) is 19.8 Å². The lowest BCUT2D eigenvalue weighted by molar-refractivity contribution is -0.00708. The van der Waals surface area contributed by atoms with E-state index < -0.39 is 0 Å². The zero-order valence-corrected chi connectivity index (χ0v) is 28.2. The minimum absolute atomic E-state index is 0.343. The van der Waals surface area contributed by atoms with Crippen LogP contribution in [0.2, 0.25) is 0 Å². The number of ether oxygens (including phenoxy) is 10. The van der Waals surface area contributed by atoms with Crippen LogP contribution >= 0.6 is 0 Å². The Balaban J connectivity index is 1.48. The molecular formula is C34H52N4O10. The number of hydrogen-bond acceptors (Lipinski definition) is 14.